The smallest absolute Gasteiger partial charge is 0.405 e. The molecule has 1 atom stereocenters. The monoisotopic (exact) mass is 599 g/mol. The molecular weight excluding hydrogens is 578 g/mol. The molecular formula is C28H21F8N3O3. The van der Waals surface area contributed by atoms with E-state index in [-0.39, 0.29) is 39.1 Å². The van der Waals surface area contributed by atoms with E-state index in [1.807, 2.05) is 0 Å². The van der Waals surface area contributed by atoms with Gasteiger partial charge in [-0.1, -0.05) is 13.0 Å². The maximum absolute atomic E-state index is 14.6. The molecule has 2 aromatic heterocycles. The Morgan fingerprint density at radius 2 is 1.60 bits per heavy atom. The number of nitrogens with one attached hydrogen (secondary N) is 2. The molecule has 1 amide bonds. The third-order valence-corrected chi connectivity index (χ3v) is 6.33. The summed E-state index contributed by atoms with van der Waals surface area (Å²) in [5, 5.41) is 4.52. The number of furan rings is 1. The van der Waals surface area contributed by atoms with Crippen LogP contribution in [-0.2, 0) is 0 Å². The largest absolute Gasteiger partial charge is 0.437 e. The fourth-order valence-corrected chi connectivity index (χ4v) is 4.13. The second-order valence-electron chi connectivity index (χ2n) is 9.36. The topological polar surface area (TPSA) is 84.2 Å². The fraction of sp³-hybridized carbons (Fsp3) is 0.250. The van der Waals surface area contributed by atoms with Crippen molar-refractivity contribution in [3.8, 4) is 22.5 Å². The van der Waals surface area contributed by atoms with Crippen molar-refractivity contribution in [2.75, 3.05) is 18.9 Å². The maximum atomic E-state index is 14.6. The number of aromatic nitrogens is 1. The Hall–Kier alpha value is -4.49. The number of fused-ring (bicyclic) bond motifs is 1. The lowest BCUT2D eigenvalue weighted by Crippen LogP contribution is -2.23. The highest BCUT2D eigenvalue weighted by molar-refractivity contribution is 6.11. The third kappa shape index (κ3) is 6.52. The van der Waals surface area contributed by atoms with E-state index in [1.165, 1.54) is 25.2 Å². The SMILES string of the molecule is CNC(=O)c1c(-c2ccc(F)cc2)oc2nc(NCC(F)(F)F)c(-c3ccc(F)c(C(=O)CC(C)C(F)(F)F)c3)cc12. The second-order valence-corrected chi connectivity index (χ2v) is 9.36. The molecule has 0 aliphatic rings. The number of carbonyl (C=O) groups is 2. The van der Waals surface area contributed by atoms with Crippen LogP contribution in [0.5, 0.6) is 0 Å². The average molecular weight is 599 g/mol. The van der Waals surface area contributed by atoms with E-state index in [0.717, 1.165) is 37.3 Å². The molecule has 0 spiro atoms. The first-order chi connectivity index (χ1) is 19.6. The van der Waals surface area contributed by atoms with Crippen molar-refractivity contribution in [2.45, 2.75) is 25.7 Å². The number of hydrogen-bond acceptors (Lipinski definition) is 5. The number of benzene rings is 2. The summed E-state index contributed by atoms with van der Waals surface area (Å²) in [6.45, 7) is -0.809. The van der Waals surface area contributed by atoms with Crippen molar-refractivity contribution >= 4 is 28.6 Å². The maximum Gasteiger partial charge on any atom is 0.405 e. The lowest BCUT2D eigenvalue weighted by Gasteiger charge is -2.16. The summed E-state index contributed by atoms with van der Waals surface area (Å²) in [7, 11) is 1.31. The van der Waals surface area contributed by atoms with E-state index in [2.05, 4.69) is 15.6 Å². The van der Waals surface area contributed by atoms with Crippen LogP contribution in [0.25, 0.3) is 33.6 Å². The van der Waals surface area contributed by atoms with Crippen LogP contribution in [0.1, 0.15) is 34.1 Å². The van der Waals surface area contributed by atoms with Gasteiger partial charge in [0, 0.05) is 24.6 Å². The highest BCUT2D eigenvalue weighted by Crippen LogP contribution is 2.39. The minimum atomic E-state index is -4.72. The Kier molecular flexibility index (Phi) is 8.28. The first-order valence-electron chi connectivity index (χ1n) is 12.2. The molecule has 1 unspecified atom stereocenters. The summed E-state index contributed by atoms with van der Waals surface area (Å²) >= 11 is 0. The van der Waals surface area contributed by atoms with Gasteiger partial charge in [0.25, 0.3) is 5.91 Å². The van der Waals surface area contributed by atoms with Gasteiger partial charge in [-0.2, -0.15) is 31.3 Å². The second kappa shape index (κ2) is 11.4. The van der Waals surface area contributed by atoms with Crippen LogP contribution >= 0.6 is 0 Å². The molecule has 0 saturated carbocycles. The van der Waals surface area contributed by atoms with Gasteiger partial charge in [-0.3, -0.25) is 9.59 Å². The first-order valence-corrected chi connectivity index (χ1v) is 12.2. The normalized spacial score (nSPS) is 12.8. The van der Waals surface area contributed by atoms with Crippen LogP contribution < -0.4 is 10.6 Å². The summed E-state index contributed by atoms with van der Waals surface area (Å²) < 4.78 is 112. The zero-order valence-electron chi connectivity index (χ0n) is 21.8. The molecule has 6 nitrogen and oxygen atoms in total. The molecule has 4 rings (SSSR count). The van der Waals surface area contributed by atoms with Gasteiger partial charge in [-0.25, -0.2) is 8.78 Å². The number of hydrogen-bond donors (Lipinski definition) is 2. The summed E-state index contributed by atoms with van der Waals surface area (Å²) in [4.78, 5) is 29.6. The van der Waals surface area contributed by atoms with Crippen molar-refractivity contribution in [1.29, 1.82) is 0 Å². The summed E-state index contributed by atoms with van der Waals surface area (Å²) in [6.07, 6.45) is -10.5. The molecule has 0 radical (unpaired) electrons. The lowest BCUT2D eigenvalue weighted by atomic mass is 9.95. The Bertz CT molecular complexity index is 1640. The molecule has 2 N–H and O–H groups in total. The lowest BCUT2D eigenvalue weighted by molar-refractivity contribution is -0.168. The van der Waals surface area contributed by atoms with Gasteiger partial charge in [0.1, 0.15) is 29.8 Å². The highest BCUT2D eigenvalue weighted by atomic mass is 19.4. The zero-order valence-corrected chi connectivity index (χ0v) is 21.8. The van der Waals surface area contributed by atoms with Crippen LogP contribution in [0, 0.1) is 17.6 Å². The number of carbonyl (C=O) groups excluding carboxylic acids is 2. The van der Waals surface area contributed by atoms with Crippen LogP contribution in [0.2, 0.25) is 0 Å². The van der Waals surface area contributed by atoms with Gasteiger partial charge in [-0.05, 0) is 48.0 Å². The van der Waals surface area contributed by atoms with E-state index in [4.69, 9.17) is 4.42 Å². The summed E-state index contributed by atoms with van der Waals surface area (Å²) in [6, 6.07) is 8.83. The third-order valence-electron chi connectivity index (χ3n) is 6.33. The van der Waals surface area contributed by atoms with Gasteiger partial charge in [0.2, 0.25) is 5.71 Å². The van der Waals surface area contributed by atoms with Crippen molar-refractivity contribution in [1.82, 2.24) is 10.3 Å². The van der Waals surface area contributed by atoms with E-state index in [0.29, 0.717) is 0 Å². The quantitative estimate of drug-likeness (QED) is 0.162. The highest BCUT2D eigenvalue weighted by Gasteiger charge is 2.37. The molecule has 2 heterocycles. The van der Waals surface area contributed by atoms with Crippen LogP contribution in [0.4, 0.5) is 40.9 Å². The number of amides is 1. The van der Waals surface area contributed by atoms with Crippen LogP contribution in [0.15, 0.2) is 52.9 Å². The number of rotatable bonds is 8. The Balaban J connectivity index is 1.92. The van der Waals surface area contributed by atoms with Crippen molar-refractivity contribution < 1.29 is 49.1 Å². The molecule has 4 aromatic rings. The molecule has 0 saturated heterocycles. The van der Waals surface area contributed by atoms with Crippen LogP contribution in [-0.4, -0.2) is 42.6 Å². The molecule has 0 fully saturated rings. The van der Waals surface area contributed by atoms with Gasteiger partial charge in [0.05, 0.1) is 22.4 Å². The van der Waals surface area contributed by atoms with Gasteiger partial charge in [0.15, 0.2) is 5.78 Å². The molecule has 2 aromatic carbocycles. The minimum Gasteiger partial charge on any atom is -0.437 e. The standard InChI is InChI=1S/C28H21F8N3O3/c1-13(28(34,35)36)9-21(40)18-10-15(5-8-20(18)30)17-11-19-22(25(41)37-2)23(14-3-6-16(29)7-4-14)42-26(19)39-24(17)38-12-27(31,32)33/h3-8,10-11,13H,9,12H2,1-2H3,(H,37,41)(H,38,39). The minimum absolute atomic E-state index is 0.00382. The summed E-state index contributed by atoms with van der Waals surface area (Å²) in [5.74, 6) is -6.17. The average Bonchev–Trinajstić information content (AvgIpc) is 3.29. The van der Waals surface area contributed by atoms with E-state index in [9.17, 15) is 44.7 Å². The van der Waals surface area contributed by atoms with E-state index >= 15 is 0 Å². The molecule has 0 aliphatic carbocycles. The number of Topliss-reactive ketones (excluding diaryl/α,β-unsaturated/α-hetero) is 1. The van der Waals surface area contributed by atoms with Crippen molar-refractivity contribution in [2.24, 2.45) is 5.92 Å². The fourth-order valence-electron chi connectivity index (χ4n) is 4.13. The Morgan fingerprint density at radius 1 is 0.952 bits per heavy atom. The Morgan fingerprint density at radius 3 is 2.19 bits per heavy atom. The van der Waals surface area contributed by atoms with Gasteiger partial charge in [-0.15, -0.1) is 0 Å². The first kappa shape index (κ1) is 30.5. The Labute approximate surface area is 232 Å². The molecule has 0 bridgehead atoms. The number of nitrogens with zero attached hydrogens (tertiary/aromatic N) is 1. The van der Waals surface area contributed by atoms with E-state index in [1.54, 1.807) is 0 Å². The molecule has 42 heavy (non-hydrogen) atoms. The van der Waals surface area contributed by atoms with E-state index < -0.39 is 65.9 Å². The number of ketones is 1. The predicted octanol–water partition coefficient (Wildman–Crippen LogP) is 7.55. The molecule has 222 valence electrons. The number of alkyl halides is 6. The molecule has 14 heteroatoms. The van der Waals surface area contributed by atoms with Gasteiger partial charge >= 0.3 is 12.4 Å². The number of pyridine rings is 1. The number of halogens is 8. The van der Waals surface area contributed by atoms with Crippen LogP contribution in [0.3, 0.4) is 0 Å². The van der Waals surface area contributed by atoms with Crippen molar-refractivity contribution in [3.05, 3.63) is 71.3 Å². The molecule has 0 aliphatic heterocycles. The number of anilines is 1. The van der Waals surface area contributed by atoms with Crippen molar-refractivity contribution in [3.63, 3.8) is 0 Å². The van der Waals surface area contributed by atoms with Gasteiger partial charge < -0.3 is 15.1 Å². The summed E-state index contributed by atoms with van der Waals surface area (Å²) in [5.41, 5.74) is -1.07. The zero-order chi connectivity index (χ0) is 31.0. The predicted molar refractivity (Wildman–Crippen MR) is 137 cm³/mol.